The first-order valence-corrected chi connectivity index (χ1v) is 8.09. The average molecular weight is 287 g/mol. The van der Waals surface area contributed by atoms with E-state index in [1.165, 1.54) is 12.3 Å². The first kappa shape index (κ1) is 13.3. The average Bonchev–Trinajstić information content (AvgIpc) is 2.82. The van der Waals surface area contributed by atoms with Gasteiger partial charge in [0.1, 0.15) is 0 Å². The molecule has 102 valence electrons. The largest absolute Gasteiger partial charge is 0.427 e. The van der Waals surface area contributed by atoms with Crippen LogP contribution in [0.15, 0.2) is 47.6 Å². The molecule has 2 aromatic rings. The Balaban J connectivity index is 1.99. The Morgan fingerprint density at radius 3 is 2.85 bits per heavy atom. The van der Waals surface area contributed by atoms with Gasteiger partial charge in [-0.3, -0.25) is 0 Å². The Hall–Kier alpha value is -1.66. The molecule has 0 radical (unpaired) electrons. The Kier molecular flexibility index (Phi) is 3.35. The van der Waals surface area contributed by atoms with E-state index >= 15 is 0 Å². The number of sulfone groups is 1. The molecule has 1 aromatic heterocycles. The molecule has 4 nitrogen and oxygen atoms in total. The molecule has 0 fully saturated rings. The molecule has 1 aliphatic heterocycles. The van der Waals surface area contributed by atoms with Gasteiger partial charge in [0, 0.05) is 6.20 Å². The molecule has 0 bridgehead atoms. The van der Waals surface area contributed by atoms with Crippen LogP contribution in [0.1, 0.15) is 11.1 Å². The summed E-state index contributed by atoms with van der Waals surface area (Å²) in [6.45, 7) is 2.44. The van der Waals surface area contributed by atoms with Crippen LogP contribution in [0, 0.1) is 0 Å². The van der Waals surface area contributed by atoms with Gasteiger partial charge < -0.3 is 4.65 Å². The predicted molar refractivity (Wildman–Crippen MR) is 77.6 cm³/mol. The third-order valence-electron chi connectivity index (χ3n) is 3.48. The van der Waals surface area contributed by atoms with E-state index in [-0.39, 0.29) is 17.7 Å². The zero-order chi connectivity index (χ0) is 14.2. The molecule has 0 N–H and O–H groups in total. The fraction of sp³-hybridized carbons (Fsp3) is 0.214. The van der Waals surface area contributed by atoms with Crippen molar-refractivity contribution in [3.05, 3.63) is 53.7 Å². The molecule has 0 saturated carbocycles. The minimum Gasteiger partial charge on any atom is -0.427 e. The molecular formula is C14H14BNO3S. The molecular weight excluding hydrogens is 273 g/mol. The number of hydrogen-bond donors (Lipinski definition) is 0. The summed E-state index contributed by atoms with van der Waals surface area (Å²) >= 11 is 0. The summed E-state index contributed by atoms with van der Waals surface area (Å²) in [7, 11) is -3.42. The van der Waals surface area contributed by atoms with Crippen molar-refractivity contribution in [2.45, 2.75) is 24.2 Å². The molecule has 6 heteroatoms. The van der Waals surface area contributed by atoms with Crippen molar-refractivity contribution in [2.75, 3.05) is 0 Å². The maximum atomic E-state index is 12.4. The van der Waals surface area contributed by atoms with E-state index in [4.69, 9.17) is 4.65 Å². The summed E-state index contributed by atoms with van der Waals surface area (Å²) in [6.07, 6.45) is 1.49. The lowest BCUT2D eigenvalue weighted by Crippen LogP contribution is -2.29. The van der Waals surface area contributed by atoms with Gasteiger partial charge in [-0.25, -0.2) is 13.4 Å². The van der Waals surface area contributed by atoms with Gasteiger partial charge in [0.15, 0.2) is 14.9 Å². The zero-order valence-corrected chi connectivity index (χ0v) is 11.9. The van der Waals surface area contributed by atoms with Gasteiger partial charge in [0.05, 0.1) is 12.4 Å². The minimum absolute atomic E-state index is 0.0408. The monoisotopic (exact) mass is 287 g/mol. The van der Waals surface area contributed by atoms with Crippen LogP contribution < -0.4 is 5.46 Å². The SMILES string of the molecule is CB1OCc2cccc(CS(=O)(=O)c3ccccn3)c21. The molecule has 0 unspecified atom stereocenters. The summed E-state index contributed by atoms with van der Waals surface area (Å²) in [5.74, 6) is -0.0408. The minimum atomic E-state index is -3.42. The smallest absolute Gasteiger partial charge is 0.324 e. The second-order valence-corrected chi connectivity index (χ2v) is 6.81. The fourth-order valence-corrected chi connectivity index (χ4v) is 3.86. The summed E-state index contributed by atoms with van der Waals surface area (Å²) in [4.78, 5) is 3.94. The molecule has 0 atom stereocenters. The third-order valence-corrected chi connectivity index (χ3v) is 5.05. The second kappa shape index (κ2) is 5.03. The van der Waals surface area contributed by atoms with E-state index in [2.05, 4.69) is 4.98 Å². The maximum Gasteiger partial charge on any atom is 0.324 e. The van der Waals surface area contributed by atoms with Crippen molar-refractivity contribution in [1.29, 1.82) is 0 Å². The van der Waals surface area contributed by atoms with E-state index in [9.17, 15) is 8.42 Å². The van der Waals surface area contributed by atoms with Gasteiger partial charge in [0.25, 0.3) is 0 Å². The number of rotatable bonds is 3. The van der Waals surface area contributed by atoms with E-state index in [1.807, 2.05) is 25.0 Å². The van der Waals surface area contributed by atoms with Crippen LogP contribution in [0.3, 0.4) is 0 Å². The van der Waals surface area contributed by atoms with Crippen molar-refractivity contribution in [3.63, 3.8) is 0 Å². The summed E-state index contributed by atoms with van der Waals surface area (Å²) in [5.41, 5.74) is 2.89. The lowest BCUT2D eigenvalue weighted by molar-refractivity contribution is 0.333. The zero-order valence-electron chi connectivity index (χ0n) is 11.1. The molecule has 20 heavy (non-hydrogen) atoms. The normalized spacial score (nSPS) is 14.3. The van der Waals surface area contributed by atoms with Crippen molar-refractivity contribution in [1.82, 2.24) is 4.98 Å². The Morgan fingerprint density at radius 2 is 2.10 bits per heavy atom. The number of hydrogen-bond acceptors (Lipinski definition) is 4. The summed E-state index contributed by atoms with van der Waals surface area (Å²) in [6, 6.07) is 10.6. The molecule has 0 saturated heterocycles. The van der Waals surface area contributed by atoms with Crippen LogP contribution in [0.4, 0.5) is 0 Å². The van der Waals surface area contributed by atoms with Gasteiger partial charge in [0.2, 0.25) is 0 Å². The number of benzene rings is 1. The number of pyridine rings is 1. The highest BCUT2D eigenvalue weighted by Gasteiger charge is 2.28. The number of nitrogens with zero attached hydrogens (tertiary/aromatic N) is 1. The Bertz CT molecular complexity index is 731. The lowest BCUT2D eigenvalue weighted by atomic mass is 9.62. The Morgan fingerprint density at radius 1 is 1.25 bits per heavy atom. The van der Waals surface area contributed by atoms with Gasteiger partial charge >= 0.3 is 6.92 Å². The van der Waals surface area contributed by atoms with E-state index < -0.39 is 9.84 Å². The highest BCUT2D eigenvalue weighted by molar-refractivity contribution is 7.90. The molecule has 3 rings (SSSR count). The molecule has 0 amide bonds. The van der Waals surface area contributed by atoms with Crippen molar-refractivity contribution < 1.29 is 13.1 Å². The first-order chi connectivity index (χ1) is 9.58. The van der Waals surface area contributed by atoms with Crippen molar-refractivity contribution in [2.24, 2.45) is 0 Å². The van der Waals surface area contributed by atoms with Gasteiger partial charge in [-0.2, -0.15) is 0 Å². The summed E-state index contributed by atoms with van der Waals surface area (Å²) < 4.78 is 30.4. The van der Waals surface area contributed by atoms with Gasteiger partial charge in [-0.1, -0.05) is 31.1 Å². The lowest BCUT2D eigenvalue weighted by Gasteiger charge is -2.09. The molecule has 1 aromatic carbocycles. The highest BCUT2D eigenvalue weighted by atomic mass is 32.2. The van der Waals surface area contributed by atoms with Crippen LogP contribution in [0.5, 0.6) is 0 Å². The van der Waals surface area contributed by atoms with Crippen LogP contribution >= 0.6 is 0 Å². The second-order valence-electron chi connectivity index (χ2n) is 4.87. The molecule has 0 spiro atoms. The van der Waals surface area contributed by atoms with Crippen LogP contribution in [0.2, 0.25) is 6.82 Å². The third kappa shape index (κ3) is 2.36. The van der Waals surface area contributed by atoms with Crippen molar-refractivity contribution >= 4 is 22.2 Å². The quantitative estimate of drug-likeness (QED) is 0.801. The van der Waals surface area contributed by atoms with Gasteiger partial charge in [-0.05, 0) is 28.7 Å². The molecule has 2 heterocycles. The topological polar surface area (TPSA) is 56.3 Å². The van der Waals surface area contributed by atoms with Crippen LogP contribution in [0.25, 0.3) is 0 Å². The first-order valence-electron chi connectivity index (χ1n) is 6.44. The highest BCUT2D eigenvalue weighted by Crippen LogP contribution is 2.18. The molecule has 1 aliphatic rings. The van der Waals surface area contributed by atoms with E-state index in [0.717, 1.165) is 16.6 Å². The standard InChI is InChI=1S/C14H14BNO3S/c1-15-14-11(9-19-15)5-4-6-12(14)10-20(17,18)13-7-2-3-8-16-13/h2-8H,9-10H2,1H3. The van der Waals surface area contributed by atoms with Crippen LogP contribution in [-0.2, 0) is 26.9 Å². The number of aromatic nitrogens is 1. The predicted octanol–water partition coefficient (Wildman–Crippen LogP) is 1.41. The van der Waals surface area contributed by atoms with E-state index in [1.54, 1.807) is 12.1 Å². The maximum absolute atomic E-state index is 12.4. The molecule has 0 aliphatic carbocycles. The van der Waals surface area contributed by atoms with Crippen LogP contribution in [-0.4, -0.2) is 20.3 Å². The summed E-state index contributed by atoms with van der Waals surface area (Å²) in [5, 5.41) is 0.115. The van der Waals surface area contributed by atoms with Gasteiger partial charge in [-0.15, -0.1) is 0 Å². The number of fused-ring (bicyclic) bond motifs is 1. The Labute approximate surface area is 118 Å². The van der Waals surface area contributed by atoms with Crippen molar-refractivity contribution in [3.8, 4) is 0 Å². The van der Waals surface area contributed by atoms with E-state index in [0.29, 0.717) is 6.61 Å². The fourth-order valence-electron chi connectivity index (χ4n) is 2.55.